The Hall–Kier alpha value is -3.36. The van der Waals surface area contributed by atoms with E-state index >= 15 is 0 Å². The van der Waals surface area contributed by atoms with Crippen molar-refractivity contribution in [1.82, 2.24) is 19.9 Å². The molecule has 0 fully saturated rings. The van der Waals surface area contributed by atoms with E-state index in [0.29, 0.717) is 35.0 Å². The molecule has 4 rings (SSSR count). The highest BCUT2D eigenvalue weighted by Crippen LogP contribution is 2.25. The molecule has 1 aliphatic heterocycles. The average molecular weight is 398 g/mol. The number of rotatable bonds is 1. The molecular weight excluding hydrogens is 375 g/mol. The summed E-state index contributed by atoms with van der Waals surface area (Å²) in [6, 6.07) is 5.66. The van der Waals surface area contributed by atoms with Crippen LogP contribution in [-0.4, -0.2) is 40.3 Å². The van der Waals surface area contributed by atoms with Gasteiger partial charge in [-0.15, -0.1) is 0 Å². The summed E-state index contributed by atoms with van der Waals surface area (Å²) in [7, 11) is 1.87. The monoisotopic (exact) mass is 398 g/mol. The average Bonchev–Trinajstić information content (AvgIpc) is 3.07. The zero-order valence-electron chi connectivity index (χ0n) is 16.5. The SMILES string of the molecule is CC(C)[C@H]1COc2ccc(F)cc2CN(C)c2ccn3ncc(c3n2)NC(=O)N1. The van der Waals surface area contributed by atoms with Crippen LogP contribution < -0.4 is 20.3 Å². The number of carbonyl (C=O) groups excluding carboxylic acids is 1. The second kappa shape index (κ2) is 7.57. The summed E-state index contributed by atoms with van der Waals surface area (Å²) in [5.41, 5.74) is 1.73. The van der Waals surface area contributed by atoms with Gasteiger partial charge >= 0.3 is 6.03 Å². The maximum atomic E-state index is 13.9. The first-order chi connectivity index (χ1) is 13.9. The molecule has 0 saturated carbocycles. The Labute approximate surface area is 167 Å². The maximum absolute atomic E-state index is 13.9. The van der Waals surface area contributed by atoms with Gasteiger partial charge in [0.25, 0.3) is 0 Å². The van der Waals surface area contributed by atoms with Crippen LogP contribution in [0.1, 0.15) is 19.4 Å². The normalized spacial score (nSPS) is 17.5. The van der Waals surface area contributed by atoms with Gasteiger partial charge < -0.3 is 20.3 Å². The third kappa shape index (κ3) is 3.94. The van der Waals surface area contributed by atoms with Gasteiger partial charge in [0, 0.05) is 25.4 Å². The van der Waals surface area contributed by atoms with E-state index in [4.69, 9.17) is 4.74 Å². The molecule has 9 heteroatoms. The minimum absolute atomic E-state index is 0.133. The Morgan fingerprint density at radius 1 is 1.31 bits per heavy atom. The van der Waals surface area contributed by atoms with Crippen LogP contribution in [0.2, 0.25) is 0 Å². The van der Waals surface area contributed by atoms with Crippen LogP contribution in [0.5, 0.6) is 5.75 Å². The molecule has 1 atom stereocenters. The molecule has 8 nitrogen and oxygen atoms in total. The molecule has 3 aromatic rings. The van der Waals surface area contributed by atoms with Gasteiger partial charge in [0.1, 0.15) is 29.7 Å². The Bertz CT molecular complexity index is 1050. The lowest BCUT2D eigenvalue weighted by atomic mass is 10.1. The van der Waals surface area contributed by atoms with Gasteiger partial charge in [0.05, 0.1) is 12.2 Å². The Morgan fingerprint density at radius 3 is 2.93 bits per heavy atom. The molecule has 2 amide bonds. The minimum Gasteiger partial charge on any atom is -0.491 e. The molecule has 3 heterocycles. The van der Waals surface area contributed by atoms with Gasteiger partial charge in [-0.25, -0.2) is 18.7 Å². The third-order valence-corrected chi connectivity index (χ3v) is 4.96. The van der Waals surface area contributed by atoms with Gasteiger partial charge in [-0.05, 0) is 30.2 Å². The summed E-state index contributed by atoms with van der Waals surface area (Å²) >= 11 is 0. The van der Waals surface area contributed by atoms with E-state index in [1.165, 1.54) is 12.1 Å². The predicted molar refractivity (Wildman–Crippen MR) is 108 cm³/mol. The number of nitrogens with zero attached hydrogens (tertiary/aromatic N) is 4. The molecule has 152 valence electrons. The minimum atomic E-state index is -0.362. The molecule has 0 aliphatic carbocycles. The van der Waals surface area contributed by atoms with Crippen molar-refractivity contribution in [3.63, 3.8) is 0 Å². The van der Waals surface area contributed by atoms with Crippen molar-refractivity contribution < 1.29 is 13.9 Å². The number of anilines is 2. The lowest BCUT2D eigenvalue weighted by Crippen LogP contribution is -2.44. The van der Waals surface area contributed by atoms with E-state index in [-0.39, 0.29) is 30.4 Å². The van der Waals surface area contributed by atoms with Crippen molar-refractivity contribution in [2.45, 2.75) is 26.4 Å². The number of amides is 2. The number of benzene rings is 1. The Morgan fingerprint density at radius 2 is 2.14 bits per heavy atom. The standard InChI is InChI=1S/C20H23FN6O2/c1-12(2)16-11-29-17-5-4-14(21)8-13(17)10-26(3)18-6-7-27-19(25-18)15(9-22-27)23-20(28)24-16/h4-9,12,16H,10-11H2,1-3H3,(H2,23,24,28)/t16-/m1/s1. The largest absolute Gasteiger partial charge is 0.491 e. The highest BCUT2D eigenvalue weighted by Gasteiger charge is 2.21. The van der Waals surface area contributed by atoms with Crippen LogP contribution in [-0.2, 0) is 6.54 Å². The number of carbonyl (C=O) groups is 1. The first-order valence-corrected chi connectivity index (χ1v) is 9.45. The molecule has 0 unspecified atom stereocenters. The fourth-order valence-electron chi connectivity index (χ4n) is 3.22. The number of hydrogen-bond donors (Lipinski definition) is 2. The number of ether oxygens (including phenoxy) is 1. The summed E-state index contributed by atoms with van der Waals surface area (Å²) < 4.78 is 21.5. The zero-order valence-corrected chi connectivity index (χ0v) is 16.5. The molecule has 2 N–H and O–H groups in total. The summed E-state index contributed by atoms with van der Waals surface area (Å²) in [6.07, 6.45) is 3.33. The van der Waals surface area contributed by atoms with Crippen molar-refractivity contribution in [3.8, 4) is 5.75 Å². The van der Waals surface area contributed by atoms with Crippen molar-refractivity contribution in [2.75, 3.05) is 23.9 Å². The van der Waals surface area contributed by atoms with Crippen molar-refractivity contribution >= 4 is 23.2 Å². The van der Waals surface area contributed by atoms with Gasteiger partial charge in [-0.2, -0.15) is 5.10 Å². The van der Waals surface area contributed by atoms with E-state index in [0.717, 1.165) is 0 Å². The van der Waals surface area contributed by atoms with Crippen LogP contribution in [0, 0.1) is 11.7 Å². The molecule has 2 bridgehead atoms. The Kier molecular flexibility index (Phi) is 4.96. The first kappa shape index (κ1) is 19.0. The maximum Gasteiger partial charge on any atom is 0.319 e. The van der Waals surface area contributed by atoms with Gasteiger partial charge in [-0.1, -0.05) is 13.8 Å². The number of fused-ring (bicyclic) bond motifs is 2. The summed E-state index contributed by atoms with van der Waals surface area (Å²) in [6.45, 7) is 4.67. The molecule has 0 saturated heterocycles. The molecule has 29 heavy (non-hydrogen) atoms. The number of urea groups is 1. The van der Waals surface area contributed by atoms with E-state index in [1.54, 1.807) is 23.0 Å². The third-order valence-electron chi connectivity index (χ3n) is 4.96. The van der Waals surface area contributed by atoms with Crippen LogP contribution in [0.25, 0.3) is 5.65 Å². The van der Waals surface area contributed by atoms with Gasteiger partial charge in [0.15, 0.2) is 5.65 Å². The summed E-state index contributed by atoms with van der Waals surface area (Å²) in [4.78, 5) is 19.1. The van der Waals surface area contributed by atoms with E-state index in [9.17, 15) is 9.18 Å². The van der Waals surface area contributed by atoms with Crippen LogP contribution in [0.4, 0.5) is 20.7 Å². The van der Waals surface area contributed by atoms with Crippen molar-refractivity contribution in [2.24, 2.45) is 5.92 Å². The second-order valence-corrected chi connectivity index (χ2v) is 7.48. The summed E-state index contributed by atoms with van der Waals surface area (Å²) in [5, 5.41) is 9.99. The molecular formula is C20H23FN6O2. The lowest BCUT2D eigenvalue weighted by Gasteiger charge is -2.25. The fraction of sp³-hybridized carbons (Fsp3) is 0.350. The lowest BCUT2D eigenvalue weighted by molar-refractivity contribution is 0.215. The second-order valence-electron chi connectivity index (χ2n) is 7.48. The highest BCUT2D eigenvalue weighted by atomic mass is 19.1. The smallest absolute Gasteiger partial charge is 0.319 e. The number of nitrogens with one attached hydrogen (secondary N) is 2. The van der Waals surface area contributed by atoms with Crippen LogP contribution >= 0.6 is 0 Å². The molecule has 2 aromatic heterocycles. The van der Waals surface area contributed by atoms with Gasteiger partial charge in [-0.3, -0.25) is 0 Å². The fourth-order valence-corrected chi connectivity index (χ4v) is 3.22. The molecule has 0 spiro atoms. The van der Waals surface area contributed by atoms with E-state index in [2.05, 4.69) is 20.7 Å². The summed E-state index contributed by atoms with van der Waals surface area (Å²) in [5.74, 6) is 1.04. The number of halogens is 1. The Balaban J connectivity index is 1.78. The molecule has 1 aliphatic rings. The van der Waals surface area contributed by atoms with Crippen molar-refractivity contribution in [1.29, 1.82) is 0 Å². The topological polar surface area (TPSA) is 83.8 Å². The van der Waals surface area contributed by atoms with E-state index < -0.39 is 0 Å². The van der Waals surface area contributed by atoms with Gasteiger partial charge in [0.2, 0.25) is 0 Å². The zero-order chi connectivity index (χ0) is 20.5. The molecule has 1 aromatic carbocycles. The number of hydrogen-bond acceptors (Lipinski definition) is 5. The predicted octanol–water partition coefficient (Wildman–Crippen LogP) is 3.04. The molecule has 0 radical (unpaired) electrons. The quantitative estimate of drug-likeness (QED) is 0.658. The van der Waals surface area contributed by atoms with Crippen LogP contribution in [0.3, 0.4) is 0 Å². The highest BCUT2D eigenvalue weighted by molar-refractivity contribution is 5.93. The van der Waals surface area contributed by atoms with Crippen molar-refractivity contribution in [3.05, 3.63) is 48.0 Å². The van der Waals surface area contributed by atoms with E-state index in [1.807, 2.05) is 31.9 Å². The first-order valence-electron chi connectivity index (χ1n) is 9.45. The van der Waals surface area contributed by atoms with Crippen LogP contribution in [0.15, 0.2) is 36.7 Å². The number of aromatic nitrogens is 3.